The van der Waals surface area contributed by atoms with Crippen molar-refractivity contribution in [1.29, 1.82) is 0 Å². The topological polar surface area (TPSA) is 126 Å². The zero-order valence-electron chi connectivity index (χ0n) is 24.6. The average molecular weight is 605 g/mol. The number of aromatic amines is 1. The highest BCUT2D eigenvalue weighted by molar-refractivity contribution is 6.30. The van der Waals surface area contributed by atoms with Crippen molar-refractivity contribution in [3.05, 3.63) is 40.1 Å². The maximum absolute atomic E-state index is 13.5. The number of fused-ring (bicyclic) bond motifs is 2. The Morgan fingerprint density at radius 2 is 1.81 bits per heavy atom. The first-order valence-electron chi connectivity index (χ1n) is 15.5. The van der Waals surface area contributed by atoms with Gasteiger partial charge in [-0.05, 0) is 56.6 Å². The van der Waals surface area contributed by atoms with Crippen molar-refractivity contribution in [2.24, 2.45) is 11.8 Å². The molecule has 0 spiro atoms. The van der Waals surface area contributed by atoms with Crippen LogP contribution in [0.5, 0.6) is 0 Å². The van der Waals surface area contributed by atoms with Gasteiger partial charge in [0.05, 0.1) is 33.8 Å². The summed E-state index contributed by atoms with van der Waals surface area (Å²) in [6, 6.07) is 4.06. The number of piperazine rings is 1. The Morgan fingerprint density at radius 1 is 1.02 bits per heavy atom. The predicted molar refractivity (Wildman–Crippen MR) is 164 cm³/mol. The molecular formula is C31H37ClN8O3. The van der Waals surface area contributed by atoms with Crippen molar-refractivity contribution in [3.63, 3.8) is 0 Å². The maximum atomic E-state index is 13.5. The Kier molecular flexibility index (Phi) is 7.44. The number of H-pyrrole nitrogens is 1. The van der Waals surface area contributed by atoms with Crippen molar-refractivity contribution in [2.75, 3.05) is 18.0 Å². The minimum Gasteiger partial charge on any atom is -0.336 e. The first kappa shape index (κ1) is 28.1. The molecule has 2 atom stereocenters. The fourth-order valence-corrected chi connectivity index (χ4v) is 7.67. The lowest BCUT2D eigenvalue weighted by Crippen LogP contribution is -2.63. The summed E-state index contributed by atoms with van der Waals surface area (Å²) in [5.74, 6) is 1.74. The molecule has 4 aromatic rings. The normalized spacial score (nSPS) is 24.5. The first-order valence-corrected chi connectivity index (χ1v) is 15.9. The van der Waals surface area contributed by atoms with Crippen LogP contribution in [0, 0.1) is 11.8 Å². The summed E-state index contributed by atoms with van der Waals surface area (Å²) in [4.78, 5) is 47.0. The third kappa shape index (κ3) is 5.21. The van der Waals surface area contributed by atoms with E-state index in [1.807, 2.05) is 12.1 Å². The lowest BCUT2D eigenvalue weighted by molar-refractivity contribution is -0.135. The van der Waals surface area contributed by atoms with Crippen molar-refractivity contribution in [3.8, 4) is 22.8 Å². The average Bonchev–Trinajstić information content (AvgIpc) is 3.61. The molecule has 2 aliphatic carbocycles. The number of imidazole rings is 1. The van der Waals surface area contributed by atoms with E-state index in [4.69, 9.17) is 26.1 Å². The van der Waals surface area contributed by atoms with Gasteiger partial charge in [-0.2, -0.15) is 0 Å². The monoisotopic (exact) mass is 604 g/mol. The highest BCUT2D eigenvalue weighted by Gasteiger charge is 2.43. The van der Waals surface area contributed by atoms with Crippen molar-refractivity contribution < 1.29 is 9.32 Å². The van der Waals surface area contributed by atoms with Gasteiger partial charge >= 0.3 is 5.76 Å². The molecule has 0 unspecified atom stereocenters. The summed E-state index contributed by atoms with van der Waals surface area (Å²) >= 11 is 6.42. The van der Waals surface area contributed by atoms with Crippen LogP contribution in [0.3, 0.4) is 0 Å². The first-order chi connectivity index (χ1) is 20.9. The van der Waals surface area contributed by atoms with Gasteiger partial charge in [0.2, 0.25) is 17.7 Å². The van der Waals surface area contributed by atoms with Gasteiger partial charge in [0.15, 0.2) is 0 Å². The minimum atomic E-state index is -0.656. The summed E-state index contributed by atoms with van der Waals surface area (Å²) in [5.41, 5.74) is 3.38. The molecule has 0 radical (unpaired) electrons. The van der Waals surface area contributed by atoms with Gasteiger partial charge < -0.3 is 14.4 Å². The van der Waals surface area contributed by atoms with Gasteiger partial charge in [-0.25, -0.2) is 14.8 Å². The molecule has 1 aliphatic heterocycles. The molecular weight excluding hydrogens is 568 g/mol. The largest absolute Gasteiger partial charge is 0.439 e. The van der Waals surface area contributed by atoms with E-state index in [0.29, 0.717) is 34.4 Å². The molecule has 2 saturated carbocycles. The van der Waals surface area contributed by atoms with Crippen molar-refractivity contribution in [1.82, 2.24) is 34.6 Å². The SMILES string of the molecule is CCN1C(=O)CN(c2nc3cc(-c4noc(=O)[nH]4)nc(-c4cncc(Cl)c4)c3n2CC2CCC(C)CC2)[C@@H]2CCCC[C@H]21. The third-order valence-electron chi connectivity index (χ3n) is 9.66. The van der Waals surface area contributed by atoms with E-state index in [-0.39, 0.29) is 23.8 Å². The summed E-state index contributed by atoms with van der Waals surface area (Å²) in [7, 11) is 0. The Balaban J connectivity index is 1.44. The highest BCUT2D eigenvalue weighted by Crippen LogP contribution is 2.40. The Morgan fingerprint density at radius 3 is 2.53 bits per heavy atom. The van der Waals surface area contributed by atoms with Crippen LogP contribution in [0.1, 0.15) is 65.2 Å². The fraction of sp³-hybridized carbons (Fsp3) is 0.548. The van der Waals surface area contributed by atoms with Gasteiger partial charge in [-0.1, -0.05) is 49.4 Å². The van der Waals surface area contributed by atoms with Gasteiger partial charge in [-0.15, -0.1) is 0 Å². The van der Waals surface area contributed by atoms with Gasteiger partial charge in [-0.3, -0.25) is 19.3 Å². The number of amides is 1. The number of nitrogens with zero attached hydrogens (tertiary/aromatic N) is 7. The van der Waals surface area contributed by atoms with E-state index in [9.17, 15) is 9.59 Å². The van der Waals surface area contributed by atoms with E-state index in [0.717, 1.165) is 74.6 Å². The van der Waals surface area contributed by atoms with Gasteiger partial charge in [0, 0.05) is 31.0 Å². The fourth-order valence-electron chi connectivity index (χ4n) is 7.50. The highest BCUT2D eigenvalue weighted by atomic mass is 35.5. The van der Waals surface area contributed by atoms with Crippen LogP contribution >= 0.6 is 11.6 Å². The quantitative estimate of drug-likeness (QED) is 0.314. The van der Waals surface area contributed by atoms with E-state index in [1.165, 1.54) is 12.8 Å². The summed E-state index contributed by atoms with van der Waals surface area (Å²) in [6.07, 6.45) is 12.3. The summed E-state index contributed by atoms with van der Waals surface area (Å²) < 4.78 is 7.11. The number of hydrogen-bond acceptors (Lipinski definition) is 8. The van der Waals surface area contributed by atoms with E-state index < -0.39 is 5.76 Å². The number of halogens is 1. The lowest BCUT2D eigenvalue weighted by atomic mass is 9.83. The molecule has 1 N–H and O–H groups in total. The van der Waals surface area contributed by atoms with Gasteiger partial charge in [0.25, 0.3) is 0 Å². The molecule has 5 heterocycles. The molecule has 0 aromatic carbocycles. The maximum Gasteiger partial charge on any atom is 0.439 e. The molecule has 3 aliphatic rings. The van der Waals surface area contributed by atoms with E-state index in [2.05, 4.69) is 43.3 Å². The van der Waals surface area contributed by atoms with Gasteiger partial charge in [0.1, 0.15) is 12.2 Å². The second-order valence-corrected chi connectivity index (χ2v) is 12.9. The lowest BCUT2D eigenvalue weighted by Gasteiger charge is -2.49. The molecule has 11 nitrogen and oxygen atoms in total. The predicted octanol–water partition coefficient (Wildman–Crippen LogP) is 5.30. The molecule has 4 aromatic heterocycles. The number of likely N-dealkylation sites (N-methyl/N-ethyl adjacent to an activating group) is 1. The number of rotatable bonds is 6. The number of aromatic nitrogens is 6. The zero-order chi connectivity index (χ0) is 29.7. The Hall–Kier alpha value is -3.73. The van der Waals surface area contributed by atoms with Crippen molar-refractivity contribution in [2.45, 2.75) is 83.8 Å². The van der Waals surface area contributed by atoms with Crippen LogP contribution < -0.4 is 10.7 Å². The molecule has 1 amide bonds. The van der Waals surface area contributed by atoms with Crippen LogP contribution in [-0.2, 0) is 11.3 Å². The second kappa shape index (κ2) is 11.4. The molecule has 3 fully saturated rings. The minimum absolute atomic E-state index is 0.147. The van der Waals surface area contributed by atoms with Crippen LogP contribution in [0.2, 0.25) is 5.02 Å². The number of hydrogen-bond donors (Lipinski definition) is 1. The van der Waals surface area contributed by atoms with Crippen molar-refractivity contribution >= 4 is 34.5 Å². The zero-order valence-corrected chi connectivity index (χ0v) is 25.4. The second-order valence-electron chi connectivity index (χ2n) is 12.4. The third-order valence-corrected chi connectivity index (χ3v) is 9.87. The van der Waals surface area contributed by atoms with Crippen LogP contribution in [0.15, 0.2) is 33.8 Å². The summed E-state index contributed by atoms with van der Waals surface area (Å²) in [6.45, 7) is 6.21. The number of anilines is 1. The molecule has 12 heteroatoms. The molecule has 226 valence electrons. The standard InChI is InChI=1S/C31H37ClN8O3/c1-3-38-24-6-4-5-7-25(24)39(17-26(38)41)30-35-22-13-23(29-36-31(42)43-37-29)34-27(20-12-21(32)15-33-14-20)28(22)40(30)16-19-10-8-18(2)9-11-19/h12-15,18-19,24-25H,3-11,16-17H2,1-2H3,(H,36,37,42)/t18?,19?,24-,25-/m1/s1. The molecule has 43 heavy (non-hydrogen) atoms. The molecule has 1 saturated heterocycles. The number of nitrogens with one attached hydrogen (secondary N) is 1. The van der Waals surface area contributed by atoms with E-state index in [1.54, 1.807) is 12.4 Å². The Labute approximate surface area is 254 Å². The van der Waals surface area contributed by atoms with Crippen LogP contribution in [-0.4, -0.2) is 65.6 Å². The summed E-state index contributed by atoms with van der Waals surface area (Å²) in [5, 5.41) is 4.40. The smallest absolute Gasteiger partial charge is 0.336 e. The van der Waals surface area contributed by atoms with E-state index >= 15 is 0 Å². The Bertz CT molecular complexity index is 1700. The number of carbonyl (C=O) groups excluding carboxylic acids is 1. The number of carbonyl (C=O) groups is 1. The van der Waals surface area contributed by atoms with Crippen LogP contribution in [0.4, 0.5) is 5.95 Å². The molecule has 7 rings (SSSR count). The number of pyridine rings is 2. The molecule has 0 bridgehead atoms. The van der Waals surface area contributed by atoms with Crippen LogP contribution in [0.25, 0.3) is 33.8 Å².